The molecular weight excluding hydrogens is 478 g/mol. The van der Waals surface area contributed by atoms with Gasteiger partial charge in [0.05, 0.1) is 25.6 Å². The molecule has 1 amide bonds. The van der Waals surface area contributed by atoms with E-state index >= 15 is 0 Å². The molecule has 0 fully saturated rings. The van der Waals surface area contributed by atoms with Crippen molar-refractivity contribution in [3.63, 3.8) is 0 Å². The molecule has 1 unspecified atom stereocenters. The fourth-order valence-corrected chi connectivity index (χ4v) is 4.20. The van der Waals surface area contributed by atoms with E-state index in [2.05, 4.69) is 45.8 Å². The molecule has 0 saturated carbocycles. The summed E-state index contributed by atoms with van der Waals surface area (Å²) in [5.74, 6) is 0.986. The predicted molar refractivity (Wildman–Crippen MR) is 150 cm³/mol. The molecule has 0 aromatic heterocycles. The van der Waals surface area contributed by atoms with Crippen molar-refractivity contribution in [2.45, 2.75) is 64.0 Å². The summed E-state index contributed by atoms with van der Waals surface area (Å²) in [6.45, 7) is 10.8. The second-order valence-electron chi connectivity index (χ2n) is 8.15. The highest BCUT2D eigenvalue weighted by atomic mass is 32.2. The van der Waals surface area contributed by atoms with E-state index in [1.54, 1.807) is 24.9 Å². The highest BCUT2D eigenvalue weighted by Gasteiger charge is 2.25. The van der Waals surface area contributed by atoms with Crippen molar-refractivity contribution >= 4 is 35.4 Å². The number of carbonyl (C=O) groups is 3. The van der Waals surface area contributed by atoms with Crippen LogP contribution < -0.4 is 21.7 Å². The van der Waals surface area contributed by atoms with E-state index in [0.717, 1.165) is 30.6 Å². The molecule has 0 bridgehead atoms. The maximum atomic E-state index is 13.2. The first kappa shape index (κ1) is 33.4. The van der Waals surface area contributed by atoms with Gasteiger partial charge in [-0.1, -0.05) is 38.3 Å². The van der Waals surface area contributed by atoms with Crippen LogP contribution in [0.4, 0.5) is 0 Å². The van der Waals surface area contributed by atoms with Crippen LogP contribution in [0.15, 0.2) is 42.0 Å². The van der Waals surface area contributed by atoms with Crippen molar-refractivity contribution in [1.29, 1.82) is 0 Å². The molecule has 0 radical (unpaired) electrons. The minimum atomic E-state index is -0.702. The van der Waals surface area contributed by atoms with Gasteiger partial charge >= 0.3 is 5.97 Å². The largest absolute Gasteiger partial charge is 0.469 e. The molecule has 0 rings (SSSR count). The normalized spacial score (nSPS) is 13.4. The zero-order valence-corrected chi connectivity index (χ0v) is 23.0. The number of hydrogen-bond acceptors (Lipinski definition) is 7. The molecule has 5 N–H and O–H groups in total. The molecule has 0 aliphatic rings. The van der Waals surface area contributed by atoms with Crippen LogP contribution in [0.1, 0.15) is 51.9 Å². The number of esters is 1. The Bertz CT molecular complexity index is 755. The van der Waals surface area contributed by atoms with Crippen molar-refractivity contribution in [2.24, 2.45) is 10.7 Å². The number of nitrogens with one attached hydrogen (secondary N) is 3. The molecule has 0 aromatic rings. The fraction of sp³-hybridized carbons (Fsp3) is 0.615. The first-order valence-corrected chi connectivity index (χ1v) is 13.6. The third-order valence-electron chi connectivity index (χ3n) is 5.30. The van der Waals surface area contributed by atoms with Crippen LogP contribution in [0.3, 0.4) is 0 Å². The molecule has 0 aliphatic carbocycles. The number of ketones is 1. The molecule has 0 saturated heterocycles. The Morgan fingerprint density at radius 1 is 1.11 bits per heavy atom. The number of amides is 1. The first-order chi connectivity index (χ1) is 17.3. The average Bonchev–Trinajstić information content (AvgIpc) is 2.88. The molecule has 0 spiro atoms. The second-order valence-corrected chi connectivity index (χ2v) is 9.30. The van der Waals surface area contributed by atoms with Gasteiger partial charge < -0.3 is 26.4 Å². The Balaban J connectivity index is 5.18. The Morgan fingerprint density at radius 3 is 2.47 bits per heavy atom. The van der Waals surface area contributed by atoms with Gasteiger partial charge in [0.15, 0.2) is 11.7 Å². The van der Waals surface area contributed by atoms with Crippen LogP contribution in [0, 0.1) is 0 Å². The van der Waals surface area contributed by atoms with Gasteiger partial charge in [-0.15, -0.1) is 0 Å². The van der Waals surface area contributed by atoms with E-state index in [4.69, 9.17) is 5.73 Å². The van der Waals surface area contributed by atoms with Crippen LogP contribution in [0.25, 0.3) is 0 Å². The lowest BCUT2D eigenvalue weighted by Gasteiger charge is -2.23. The summed E-state index contributed by atoms with van der Waals surface area (Å²) in [5, 5.41) is 9.22. The summed E-state index contributed by atoms with van der Waals surface area (Å²) in [6, 6.07) is -1.14. The van der Waals surface area contributed by atoms with Crippen molar-refractivity contribution in [1.82, 2.24) is 16.0 Å². The lowest BCUT2D eigenvalue weighted by molar-refractivity contribution is -0.142. The van der Waals surface area contributed by atoms with Gasteiger partial charge in [-0.05, 0) is 50.0 Å². The van der Waals surface area contributed by atoms with Crippen LogP contribution >= 0.6 is 11.8 Å². The number of ether oxygens (including phenoxy) is 1. The average molecular weight is 524 g/mol. The number of methoxy groups -OCH3 is 1. The molecular formula is C26H45N5O4S. The minimum Gasteiger partial charge on any atom is -0.469 e. The molecule has 10 heteroatoms. The number of nitrogens with zero attached hydrogens (tertiary/aromatic N) is 1. The Hall–Kier alpha value is -2.59. The number of nitrogens with two attached hydrogens (primary N) is 1. The zero-order chi connectivity index (χ0) is 27.2. The van der Waals surface area contributed by atoms with Crippen LogP contribution in [-0.2, 0) is 19.1 Å². The predicted octanol–water partition coefficient (Wildman–Crippen LogP) is 2.49. The third-order valence-corrected chi connectivity index (χ3v) is 6.57. The second kappa shape index (κ2) is 21.7. The molecule has 0 heterocycles. The van der Waals surface area contributed by atoms with E-state index < -0.39 is 18.1 Å². The highest BCUT2D eigenvalue weighted by Crippen LogP contribution is 2.10. The maximum absolute atomic E-state index is 13.2. The van der Waals surface area contributed by atoms with Gasteiger partial charge in [-0.2, -0.15) is 11.8 Å². The lowest BCUT2D eigenvalue weighted by atomic mass is 10.0. The fourth-order valence-electron chi connectivity index (χ4n) is 3.24. The van der Waals surface area contributed by atoms with E-state index in [1.165, 1.54) is 7.11 Å². The van der Waals surface area contributed by atoms with E-state index in [1.807, 2.05) is 12.2 Å². The summed E-state index contributed by atoms with van der Waals surface area (Å²) >= 11 is 1.70. The quantitative estimate of drug-likeness (QED) is 0.0593. The molecule has 9 nitrogen and oxygen atoms in total. The van der Waals surface area contributed by atoms with Crippen LogP contribution in [0.5, 0.6) is 0 Å². The summed E-state index contributed by atoms with van der Waals surface area (Å²) in [6.07, 6.45) is 9.13. The van der Waals surface area contributed by atoms with Gasteiger partial charge in [0, 0.05) is 25.8 Å². The number of aliphatic imine (C=N–C) groups is 1. The van der Waals surface area contributed by atoms with Gasteiger partial charge in [-0.25, -0.2) is 0 Å². The number of carbonyl (C=O) groups excluding carboxylic acids is 3. The molecule has 0 aliphatic heterocycles. The summed E-state index contributed by atoms with van der Waals surface area (Å²) < 4.78 is 4.64. The topological polar surface area (TPSA) is 135 Å². The van der Waals surface area contributed by atoms with Gasteiger partial charge in [0.25, 0.3) is 0 Å². The third kappa shape index (κ3) is 16.1. The van der Waals surface area contributed by atoms with E-state index in [9.17, 15) is 14.4 Å². The summed E-state index contributed by atoms with van der Waals surface area (Å²) in [7, 11) is 2.87. The summed E-state index contributed by atoms with van der Waals surface area (Å²) in [5.41, 5.74) is 6.74. The molecule has 204 valence electrons. The molecule has 0 aromatic carbocycles. The SMILES string of the molecule is C=C/C=C(\C=C)CCCN[C@@H](CSCCC)C(=O)NC(CCCNC(N)=NC)C(=O)CCC(=O)OC. The summed E-state index contributed by atoms with van der Waals surface area (Å²) in [4.78, 5) is 41.4. The number of guanidine groups is 1. The minimum absolute atomic E-state index is 0.00620. The van der Waals surface area contributed by atoms with E-state index in [-0.39, 0.29) is 24.5 Å². The highest BCUT2D eigenvalue weighted by molar-refractivity contribution is 7.99. The number of rotatable bonds is 21. The van der Waals surface area contributed by atoms with Crippen molar-refractivity contribution in [3.8, 4) is 0 Å². The van der Waals surface area contributed by atoms with Crippen molar-refractivity contribution < 1.29 is 19.1 Å². The maximum Gasteiger partial charge on any atom is 0.305 e. The Kier molecular flexibility index (Phi) is 20.1. The first-order valence-electron chi connectivity index (χ1n) is 12.4. The molecule has 36 heavy (non-hydrogen) atoms. The Morgan fingerprint density at radius 2 is 1.86 bits per heavy atom. The zero-order valence-electron chi connectivity index (χ0n) is 22.1. The number of allylic oxidation sites excluding steroid dienone is 4. The monoisotopic (exact) mass is 523 g/mol. The lowest BCUT2D eigenvalue weighted by Crippen LogP contribution is -2.51. The van der Waals surface area contributed by atoms with Gasteiger partial charge in [-0.3, -0.25) is 19.4 Å². The van der Waals surface area contributed by atoms with Gasteiger partial charge in [0.2, 0.25) is 5.91 Å². The van der Waals surface area contributed by atoms with Crippen molar-refractivity contribution in [3.05, 3.63) is 37.0 Å². The van der Waals surface area contributed by atoms with Crippen molar-refractivity contribution in [2.75, 3.05) is 38.8 Å². The number of thioether (sulfide) groups is 1. The van der Waals surface area contributed by atoms with E-state index in [0.29, 0.717) is 37.6 Å². The van der Waals surface area contributed by atoms with Crippen LogP contribution in [0.2, 0.25) is 0 Å². The number of Topliss-reactive ketones (excluding diaryl/α,β-unsaturated/α-hetero) is 1. The standard InChI is InChI=1S/C26H45N5O4S/c1-6-11-20(8-3)12-9-16-29-22(19-36-18-7-2)25(34)31-21(13-10-17-30-26(27)28-4)23(32)14-15-24(33)35-5/h6,8,11,21-22,29H,1,3,7,9-10,12-19H2,2,4-5H3,(H,31,34)(H3,27,28,30)/b20-11+/t21?,22-/m0/s1. The smallest absolute Gasteiger partial charge is 0.305 e. The van der Waals surface area contributed by atoms with Crippen LogP contribution in [-0.4, -0.2) is 74.5 Å². The molecule has 2 atom stereocenters. The number of hydrogen-bond donors (Lipinski definition) is 4. The Labute approximate surface area is 220 Å². The van der Waals surface area contributed by atoms with Gasteiger partial charge in [0.1, 0.15) is 0 Å².